The number of fused-ring (bicyclic) bond motifs is 1. The van der Waals surface area contributed by atoms with E-state index < -0.39 is 0 Å². The zero-order chi connectivity index (χ0) is 18.1. The maximum absolute atomic E-state index is 12.6. The molecule has 3 aromatic rings. The van der Waals surface area contributed by atoms with E-state index >= 15 is 0 Å². The number of hydrogen-bond donors (Lipinski definition) is 1. The molecule has 0 unspecified atom stereocenters. The van der Waals surface area contributed by atoms with Crippen LogP contribution in [0.2, 0.25) is 0 Å². The summed E-state index contributed by atoms with van der Waals surface area (Å²) in [6.07, 6.45) is 0. The first kappa shape index (κ1) is 16.9. The minimum Gasteiger partial charge on any atom is -0.378 e. The molecule has 1 amide bonds. The van der Waals surface area contributed by atoms with Crippen molar-refractivity contribution >= 4 is 39.2 Å². The molecule has 0 atom stereocenters. The summed E-state index contributed by atoms with van der Waals surface area (Å²) >= 11 is 1.31. The van der Waals surface area contributed by atoms with Crippen LogP contribution in [0, 0.1) is 13.8 Å². The van der Waals surface area contributed by atoms with Gasteiger partial charge >= 0.3 is 0 Å². The lowest BCUT2D eigenvalue weighted by atomic mass is 10.1. The van der Waals surface area contributed by atoms with Gasteiger partial charge in [-0.15, -0.1) is 0 Å². The number of hydrogen-bond acceptors (Lipinski definition) is 6. The standard InChI is InChI=1S/C19H20N4O2S/c1-12-11-13(2)20-19-16(12)17(22-26-19)21-18(24)14-3-5-15(6-4-14)23-7-9-25-10-8-23/h3-6,11H,7-10H2,1-2H3,(H,21,22,24). The second-order valence-electron chi connectivity index (χ2n) is 6.39. The molecule has 0 aliphatic carbocycles. The summed E-state index contributed by atoms with van der Waals surface area (Å²) in [6.45, 7) is 7.21. The molecule has 6 nitrogen and oxygen atoms in total. The number of rotatable bonds is 3. The van der Waals surface area contributed by atoms with E-state index in [4.69, 9.17) is 4.74 Å². The fraction of sp³-hybridized carbons (Fsp3) is 0.316. The van der Waals surface area contributed by atoms with Gasteiger partial charge in [-0.05, 0) is 61.3 Å². The largest absolute Gasteiger partial charge is 0.378 e. The van der Waals surface area contributed by atoms with E-state index in [0.29, 0.717) is 11.4 Å². The second-order valence-corrected chi connectivity index (χ2v) is 7.14. The van der Waals surface area contributed by atoms with Gasteiger partial charge in [0.25, 0.3) is 5.91 Å². The number of amides is 1. The molecule has 1 fully saturated rings. The van der Waals surface area contributed by atoms with Gasteiger partial charge in [-0.1, -0.05) is 0 Å². The number of nitrogens with one attached hydrogen (secondary N) is 1. The van der Waals surface area contributed by atoms with Crippen LogP contribution in [0.3, 0.4) is 0 Å². The van der Waals surface area contributed by atoms with Gasteiger partial charge in [-0.2, -0.15) is 4.37 Å². The highest BCUT2D eigenvalue weighted by Crippen LogP contribution is 2.29. The third-order valence-corrected chi connectivity index (χ3v) is 5.25. The van der Waals surface area contributed by atoms with Gasteiger partial charge in [0.05, 0.1) is 18.6 Å². The lowest BCUT2D eigenvalue weighted by molar-refractivity contribution is 0.102. The van der Waals surface area contributed by atoms with Crippen LogP contribution in [-0.4, -0.2) is 41.6 Å². The van der Waals surface area contributed by atoms with Crippen molar-refractivity contribution in [3.05, 3.63) is 47.2 Å². The highest BCUT2D eigenvalue weighted by atomic mass is 32.1. The van der Waals surface area contributed by atoms with Gasteiger partial charge in [0, 0.05) is 30.0 Å². The van der Waals surface area contributed by atoms with Crippen molar-refractivity contribution in [2.75, 3.05) is 36.5 Å². The molecule has 134 valence electrons. The Balaban J connectivity index is 1.53. The van der Waals surface area contributed by atoms with Crippen molar-refractivity contribution < 1.29 is 9.53 Å². The number of anilines is 2. The molecule has 3 heterocycles. The molecule has 1 aliphatic heterocycles. The number of aryl methyl sites for hydroxylation is 2. The van der Waals surface area contributed by atoms with Gasteiger partial charge in [-0.3, -0.25) is 4.79 Å². The summed E-state index contributed by atoms with van der Waals surface area (Å²) in [4.78, 5) is 20.2. The fourth-order valence-corrected chi connectivity index (χ4v) is 4.05. The third-order valence-electron chi connectivity index (χ3n) is 4.51. The van der Waals surface area contributed by atoms with Crippen molar-refractivity contribution in [3.8, 4) is 0 Å². The average Bonchev–Trinajstić information content (AvgIpc) is 3.05. The number of carbonyl (C=O) groups excluding carboxylic acids is 1. The number of pyridine rings is 1. The summed E-state index contributed by atoms with van der Waals surface area (Å²) in [5.41, 5.74) is 3.75. The van der Waals surface area contributed by atoms with E-state index in [1.807, 2.05) is 44.2 Å². The Kier molecular flexibility index (Phi) is 4.57. The Bertz CT molecular complexity index is 946. The van der Waals surface area contributed by atoms with Gasteiger partial charge in [0.1, 0.15) is 4.83 Å². The van der Waals surface area contributed by atoms with Gasteiger partial charge < -0.3 is 15.0 Å². The van der Waals surface area contributed by atoms with Crippen LogP contribution in [0.4, 0.5) is 11.5 Å². The second kappa shape index (κ2) is 7.01. The minimum absolute atomic E-state index is 0.161. The molecule has 7 heteroatoms. The number of aromatic nitrogens is 2. The monoisotopic (exact) mass is 368 g/mol. The highest BCUT2D eigenvalue weighted by molar-refractivity contribution is 7.13. The molecule has 4 rings (SSSR count). The Labute approximate surface area is 156 Å². The SMILES string of the molecule is Cc1cc(C)c2c(NC(=O)c3ccc(N4CCOCC4)cc3)nsc2n1. The maximum Gasteiger partial charge on any atom is 0.256 e. The van der Waals surface area contributed by atoms with Crippen LogP contribution in [0.1, 0.15) is 21.6 Å². The summed E-state index contributed by atoms with van der Waals surface area (Å²) < 4.78 is 9.76. The normalized spacial score (nSPS) is 14.6. The summed E-state index contributed by atoms with van der Waals surface area (Å²) in [7, 11) is 0. The van der Waals surface area contributed by atoms with Crippen LogP contribution < -0.4 is 10.2 Å². The van der Waals surface area contributed by atoms with Crippen molar-refractivity contribution in [3.63, 3.8) is 0 Å². The molecule has 1 N–H and O–H groups in total. The smallest absolute Gasteiger partial charge is 0.256 e. The number of ether oxygens (including phenoxy) is 1. The van der Waals surface area contributed by atoms with Crippen LogP contribution in [-0.2, 0) is 4.74 Å². The molecule has 0 spiro atoms. The molecule has 0 saturated carbocycles. The number of carbonyl (C=O) groups is 1. The number of nitrogens with zero attached hydrogens (tertiary/aromatic N) is 3. The van der Waals surface area contributed by atoms with Gasteiger partial charge in [0.15, 0.2) is 5.82 Å². The minimum atomic E-state index is -0.161. The van der Waals surface area contributed by atoms with Gasteiger partial charge in [-0.25, -0.2) is 4.98 Å². The molecule has 26 heavy (non-hydrogen) atoms. The summed E-state index contributed by atoms with van der Waals surface area (Å²) in [5, 5.41) is 3.84. The van der Waals surface area contributed by atoms with Crippen molar-refractivity contribution in [2.45, 2.75) is 13.8 Å². The first-order valence-electron chi connectivity index (χ1n) is 8.59. The van der Waals surface area contributed by atoms with E-state index in [1.54, 1.807) is 0 Å². The van der Waals surface area contributed by atoms with Crippen molar-refractivity contribution in [1.29, 1.82) is 0 Å². The third kappa shape index (κ3) is 3.27. The molecule has 0 radical (unpaired) electrons. The number of benzene rings is 1. The van der Waals surface area contributed by atoms with E-state index in [9.17, 15) is 4.79 Å². The molecular formula is C19H20N4O2S. The zero-order valence-electron chi connectivity index (χ0n) is 14.8. The van der Waals surface area contributed by atoms with E-state index in [2.05, 4.69) is 19.6 Å². The Morgan fingerprint density at radius 2 is 1.92 bits per heavy atom. The molecule has 2 aromatic heterocycles. The van der Waals surface area contributed by atoms with Crippen LogP contribution >= 0.6 is 11.5 Å². The van der Waals surface area contributed by atoms with E-state index in [-0.39, 0.29) is 5.91 Å². The van der Waals surface area contributed by atoms with Crippen LogP contribution in [0.25, 0.3) is 10.2 Å². The van der Waals surface area contributed by atoms with Crippen LogP contribution in [0.5, 0.6) is 0 Å². The maximum atomic E-state index is 12.6. The van der Waals surface area contributed by atoms with Crippen molar-refractivity contribution in [1.82, 2.24) is 9.36 Å². The molecule has 0 bridgehead atoms. The quantitative estimate of drug-likeness (QED) is 0.767. The number of morpholine rings is 1. The summed E-state index contributed by atoms with van der Waals surface area (Å²) in [5.74, 6) is 0.419. The molecular weight excluding hydrogens is 348 g/mol. The molecule has 1 aromatic carbocycles. The summed E-state index contributed by atoms with van der Waals surface area (Å²) in [6, 6.07) is 9.67. The zero-order valence-corrected chi connectivity index (χ0v) is 15.6. The van der Waals surface area contributed by atoms with E-state index in [1.165, 1.54) is 11.5 Å². The first-order chi connectivity index (χ1) is 12.6. The molecule has 1 saturated heterocycles. The van der Waals surface area contributed by atoms with Crippen LogP contribution in [0.15, 0.2) is 30.3 Å². The van der Waals surface area contributed by atoms with Crippen molar-refractivity contribution in [2.24, 2.45) is 0 Å². The Morgan fingerprint density at radius 1 is 1.19 bits per heavy atom. The Morgan fingerprint density at radius 3 is 2.65 bits per heavy atom. The van der Waals surface area contributed by atoms with Gasteiger partial charge in [0.2, 0.25) is 0 Å². The first-order valence-corrected chi connectivity index (χ1v) is 9.37. The predicted octanol–water partition coefficient (Wildman–Crippen LogP) is 3.40. The lowest BCUT2D eigenvalue weighted by Crippen LogP contribution is -2.36. The predicted molar refractivity (Wildman–Crippen MR) is 104 cm³/mol. The average molecular weight is 368 g/mol. The van der Waals surface area contributed by atoms with E-state index in [0.717, 1.165) is 53.5 Å². The highest BCUT2D eigenvalue weighted by Gasteiger charge is 2.16. The molecule has 1 aliphatic rings. The Hall–Kier alpha value is -2.51. The fourth-order valence-electron chi connectivity index (χ4n) is 3.20. The topological polar surface area (TPSA) is 67.4 Å². The lowest BCUT2D eigenvalue weighted by Gasteiger charge is -2.28.